The average molecular weight is 282 g/mol. The zero-order chi connectivity index (χ0) is 13.8. The molecule has 0 saturated heterocycles. The number of rotatable bonds is 4. The molecule has 0 amide bonds. The maximum absolute atomic E-state index is 13.3. The Morgan fingerprint density at radius 2 is 2.21 bits per heavy atom. The Balaban J connectivity index is 1.97. The fourth-order valence-corrected chi connectivity index (χ4v) is 3.99. The highest BCUT2D eigenvalue weighted by molar-refractivity contribution is 7.99. The average Bonchev–Trinajstić information content (AvgIpc) is 2.36. The first kappa shape index (κ1) is 14.4. The molecule has 2 atom stereocenters. The lowest BCUT2D eigenvalue weighted by Gasteiger charge is -2.26. The minimum absolute atomic E-state index is 0.0348. The molecule has 0 aliphatic heterocycles. The molecule has 19 heavy (non-hydrogen) atoms. The van der Waals surface area contributed by atoms with Crippen LogP contribution in [0.15, 0.2) is 18.2 Å². The maximum atomic E-state index is 13.3. The molecule has 1 aromatic rings. The van der Waals surface area contributed by atoms with Crippen LogP contribution in [-0.4, -0.2) is 16.3 Å². The van der Waals surface area contributed by atoms with Crippen molar-refractivity contribution < 1.29 is 14.3 Å². The van der Waals surface area contributed by atoms with Gasteiger partial charge in [0.25, 0.3) is 0 Å². The third kappa shape index (κ3) is 4.23. The smallest absolute Gasteiger partial charge is 0.335 e. The van der Waals surface area contributed by atoms with E-state index in [-0.39, 0.29) is 5.56 Å². The fraction of sp³-hybridized carbons (Fsp3) is 0.533. The SMILES string of the molecule is CC1CCCC(SCc2cc(F)cc(C(=O)O)c2)C1. The van der Waals surface area contributed by atoms with Crippen LogP contribution in [-0.2, 0) is 5.75 Å². The van der Waals surface area contributed by atoms with Crippen molar-refractivity contribution in [1.29, 1.82) is 0 Å². The van der Waals surface area contributed by atoms with E-state index in [1.54, 1.807) is 6.07 Å². The van der Waals surface area contributed by atoms with Gasteiger partial charge in [-0.2, -0.15) is 11.8 Å². The Hall–Kier alpha value is -1.03. The molecular weight excluding hydrogens is 263 g/mol. The molecule has 2 rings (SSSR count). The van der Waals surface area contributed by atoms with Crippen molar-refractivity contribution in [3.63, 3.8) is 0 Å². The van der Waals surface area contributed by atoms with Crippen molar-refractivity contribution in [1.82, 2.24) is 0 Å². The fourth-order valence-electron chi connectivity index (χ4n) is 2.60. The van der Waals surface area contributed by atoms with Gasteiger partial charge in [0.05, 0.1) is 5.56 Å². The van der Waals surface area contributed by atoms with Crippen LogP contribution in [0.2, 0.25) is 0 Å². The molecular formula is C15H19FO2S. The summed E-state index contributed by atoms with van der Waals surface area (Å²) < 4.78 is 13.3. The number of hydrogen-bond donors (Lipinski definition) is 1. The van der Waals surface area contributed by atoms with Crippen molar-refractivity contribution in [3.05, 3.63) is 35.1 Å². The summed E-state index contributed by atoms with van der Waals surface area (Å²) in [7, 11) is 0. The highest BCUT2D eigenvalue weighted by atomic mass is 32.2. The second kappa shape index (κ2) is 6.42. The van der Waals surface area contributed by atoms with Crippen molar-refractivity contribution in [3.8, 4) is 0 Å². The van der Waals surface area contributed by atoms with Crippen LogP contribution in [0.4, 0.5) is 4.39 Å². The minimum atomic E-state index is -1.07. The van der Waals surface area contributed by atoms with Crippen LogP contribution in [0.25, 0.3) is 0 Å². The molecule has 1 aliphatic carbocycles. The number of halogens is 1. The summed E-state index contributed by atoms with van der Waals surface area (Å²) >= 11 is 1.82. The van der Waals surface area contributed by atoms with Gasteiger partial charge >= 0.3 is 5.97 Å². The molecule has 1 saturated carbocycles. The van der Waals surface area contributed by atoms with Gasteiger partial charge in [-0.15, -0.1) is 0 Å². The summed E-state index contributed by atoms with van der Waals surface area (Å²) in [4.78, 5) is 10.9. The van der Waals surface area contributed by atoms with Gasteiger partial charge in [-0.3, -0.25) is 0 Å². The van der Waals surface area contributed by atoms with Gasteiger partial charge in [-0.1, -0.05) is 19.8 Å². The maximum Gasteiger partial charge on any atom is 0.335 e. The number of thioether (sulfide) groups is 1. The topological polar surface area (TPSA) is 37.3 Å². The lowest BCUT2D eigenvalue weighted by molar-refractivity contribution is 0.0696. The van der Waals surface area contributed by atoms with E-state index in [0.717, 1.165) is 17.5 Å². The summed E-state index contributed by atoms with van der Waals surface area (Å²) in [6.07, 6.45) is 5.00. The monoisotopic (exact) mass is 282 g/mol. The van der Waals surface area contributed by atoms with E-state index >= 15 is 0 Å². The molecule has 2 unspecified atom stereocenters. The zero-order valence-corrected chi connectivity index (χ0v) is 11.9. The van der Waals surface area contributed by atoms with Gasteiger partial charge < -0.3 is 5.11 Å². The first-order valence-electron chi connectivity index (χ1n) is 6.69. The van der Waals surface area contributed by atoms with Crippen LogP contribution >= 0.6 is 11.8 Å². The van der Waals surface area contributed by atoms with E-state index in [4.69, 9.17) is 5.11 Å². The lowest BCUT2D eigenvalue weighted by Crippen LogP contribution is -2.15. The standard InChI is InChI=1S/C15H19FO2S/c1-10-3-2-4-14(5-10)19-9-11-6-12(15(17)18)8-13(16)7-11/h6-8,10,14H,2-5,9H2,1H3,(H,17,18). The summed E-state index contributed by atoms with van der Waals surface area (Å²) in [5.74, 6) is -0.0759. The Kier molecular flexibility index (Phi) is 4.86. The molecule has 4 heteroatoms. The highest BCUT2D eigenvalue weighted by Gasteiger charge is 2.19. The van der Waals surface area contributed by atoms with Gasteiger partial charge in [-0.25, -0.2) is 9.18 Å². The highest BCUT2D eigenvalue weighted by Crippen LogP contribution is 2.33. The Morgan fingerprint density at radius 1 is 1.42 bits per heavy atom. The number of carbonyl (C=O) groups is 1. The van der Waals surface area contributed by atoms with E-state index in [1.807, 2.05) is 11.8 Å². The molecule has 0 heterocycles. The van der Waals surface area contributed by atoms with Crippen molar-refractivity contribution in [2.24, 2.45) is 5.92 Å². The van der Waals surface area contributed by atoms with Crippen molar-refractivity contribution >= 4 is 17.7 Å². The zero-order valence-electron chi connectivity index (χ0n) is 11.1. The normalized spacial score (nSPS) is 23.3. The number of carboxylic acid groups (broad SMARTS) is 1. The van der Waals surface area contributed by atoms with Crippen molar-refractivity contribution in [2.45, 2.75) is 43.6 Å². The molecule has 0 radical (unpaired) electrons. The van der Waals surface area contributed by atoms with Gasteiger partial charge in [-0.05, 0) is 42.5 Å². The first-order valence-corrected chi connectivity index (χ1v) is 7.74. The molecule has 1 aromatic carbocycles. The van der Waals surface area contributed by atoms with E-state index in [1.165, 1.54) is 31.7 Å². The number of hydrogen-bond acceptors (Lipinski definition) is 2. The summed E-state index contributed by atoms with van der Waals surface area (Å²) in [5, 5.41) is 9.54. The van der Waals surface area contributed by atoms with Crippen LogP contribution in [0, 0.1) is 11.7 Å². The van der Waals surface area contributed by atoms with E-state index in [0.29, 0.717) is 11.0 Å². The van der Waals surface area contributed by atoms with Crippen LogP contribution in [0.5, 0.6) is 0 Å². The van der Waals surface area contributed by atoms with Gasteiger partial charge in [0, 0.05) is 11.0 Å². The molecule has 104 valence electrons. The van der Waals surface area contributed by atoms with Gasteiger partial charge in [0.1, 0.15) is 5.82 Å². The lowest BCUT2D eigenvalue weighted by atomic mass is 9.91. The minimum Gasteiger partial charge on any atom is -0.478 e. The second-order valence-corrected chi connectivity index (χ2v) is 6.65. The molecule has 0 bridgehead atoms. The summed E-state index contributed by atoms with van der Waals surface area (Å²) in [6, 6.07) is 4.08. The number of aromatic carboxylic acids is 1. The molecule has 1 fully saturated rings. The molecule has 0 aromatic heterocycles. The first-order chi connectivity index (χ1) is 9.04. The molecule has 0 spiro atoms. The van der Waals surface area contributed by atoms with Crippen LogP contribution < -0.4 is 0 Å². The van der Waals surface area contributed by atoms with Gasteiger partial charge in [0.15, 0.2) is 0 Å². The molecule has 1 N–H and O–H groups in total. The third-order valence-corrected chi connectivity index (χ3v) is 4.98. The molecule has 2 nitrogen and oxygen atoms in total. The van der Waals surface area contributed by atoms with Crippen LogP contribution in [0.1, 0.15) is 48.5 Å². The summed E-state index contributed by atoms with van der Waals surface area (Å²) in [6.45, 7) is 2.28. The van der Waals surface area contributed by atoms with Crippen molar-refractivity contribution in [2.75, 3.05) is 0 Å². The Bertz CT molecular complexity index is 461. The summed E-state index contributed by atoms with van der Waals surface area (Å²) in [5.41, 5.74) is 0.799. The predicted octanol–water partition coefficient (Wildman–Crippen LogP) is 4.34. The Morgan fingerprint density at radius 3 is 2.89 bits per heavy atom. The quantitative estimate of drug-likeness (QED) is 0.892. The third-order valence-electron chi connectivity index (χ3n) is 3.58. The number of carboxylic acids is 1. The Labute approximate surface area is 117 Å². The predicted molar refractivity (Wildman–Crippen MR) is 76.1 cm³/mol. The largest absolute Gasteiger partial charge is 0.478 e. The molecule has 1 aliphatic rings. The van der Waals surface area contributed by atoms with E-state index in [9.17, 15) is 9.18 Å². The van der Waals surface area contributed by atoms with Crippen LogP contribution in [0.3, 0.4) is 0 Å². The second-order valence-electron chi connectivity index (χ2n) is 5.36. The van der Waals surface area contributed by atoms with E-state index in [2.05, 4.69) is 6.92 Å². The van der Waals surface area contributed by atoms with Gasteiger partial charge in [0.2, 0.25) is 0 Å². The number of benzene rings is 1. The van der Waals surface area contributed by atoms with E-state index < -0.39 is 11.8 Å².